The van der Waals surface area contributed by atoms with E-state index in [9.17, 15) is 18.3 Å². The predicted molar refractivity (Wildman–Crippen MR) is 122 cm³/mol. The van der Waals surface area contributed by atoms with Gasteiger partial charge in [-0.25, -0.2) is 18.1 Å². The third-order valence-electron chi connectivity index (χ3n) is 4.98. The standard InChI is InChI=1S/C21H22N4O4S2/c1-21(2,11-26)10-24-31(28,29)14-5-3-13(4-6-14)22-9-15-18-16(25-20(15)27)7-8-17-19(18)30-12-23-17/h3-9,12,22,24,26H,10-11H2,1-2H3,(H,25,27). The maximum Gasteiger partial charge on any atom is 0.257 e. The molecular formula is C21H22N4O4S2. The Hall–Kier alpha value is -2.79. The smallest absolute Gasteiger partial charge is 0.257 e. The van der Waals surface area contributed by atoms with Crippen molar-refractivity contribution >= 4 is 54.4 Å². The number of amides is 1. The Morgan fingerprint density at radius 1 is 1.19 bits per heavy atom. The van der Waals surface area contributed by atoms with Gasteiger partial charge in [-0.15, -0.1) is 11.3 Å². The lowest BCUT2D eigenvalue weighted by Crippen LogP contribution is -2.36. The highest BCUT2D eigenvalue weighted by molar-refractivity contribution is 7.89. The number of hydrogen-bond donors (Lipinski definition) is 4. The molecule has 0 aliphatic carbocycles. The maximum atomic E-state index is 12.5. The van der Waals surface area contributed by atoms with Crippen LogP contribution in [0, 0.1) is 5.41 Å². The molecule has 0 radical (unpaired) electrons. The molecule has 162 valence electrons. The van der Waals surface area contributed by atoms with Gasteiger partial charge in [-0.1, -0.05) is 13.8 Å². The fourth-order valence-corrected chi connectivity index (χ4v) is 5.15. The van der Waals surface area contributed by atoms with E-state index in [0.29, 0.717) is 11.3 Å². The van der Waals surface area contributed by atoms with Crippen LogP contribution >= 0.6 is 11.3 Å². The highest BCUT2D eigenvalue weighted by atomic mass is 32.2. The first-order valence-corrected chi connectivity index (χ1v) is 11.9. The second-order valence-electron chi connectivity index (χ2n) is 8.02. The molecule has 1 aliphatic rings. The van der Waals surface area contributed by atoms with E-state index in [-0.39, 0.29) is 24.0 Å². The summed E-state index contributed by atoms with van der Waals surface area (Å²) in [6.07, 6.45) is 1.62. The number of anilines is 2. The molecule has 0 bridgehead atoms. The van der Waals surface area contributed by atoms with Gasteiger partial charge in [0.25, 0.3) is 5.91 Å². The molecule has 4 N–H and O–H groups in total. The van der Waals surface area contributed by atoms with Crippen molar-refractivity contribution in [3.8, 4) is 0 Å². The fraction of sp³-hybridized carbons (Fsp3) is 0.238. The van der Waals surface area contributed by atoms with Gasteiger partial charge < -0.3 is 15.7 Å². The SMILES string of the molecule is CC(C)(CO)CNS(=O)(=O)c1ccc(NC=C2C(=O)Nc3ccc4ncsc4c32)cc1. The zero-order chi connectivity index (χ0) is 22.2. The van der Waals surface area contributed by atoms with E-state index in [1.165, 1.54) is 23.5 Å². The first-order chi connectivity index (χ1) is 14.7. The third-order valence-corrected chi connectivity index (χ3v) is 7.25. The molecule has 0 spiro atoms. The van der Waals surface area contributed by atoms with Gasteiger partial charge in [0.2, 0.25) is 10.0 Å². The number of carbonyl (C=O) groups is 1. The van der Waals surface area contributed by atoms with E-state index in [1.54, 1.807) is 37.7 Å². The van der Waals surface area contributed by atoms with Crippen molar-refractivity contribution in [2.24, 2.45) is 5.41 Å². The number of hydrogen-bond acceptors (Lipinski definition) is 7. The number of fused-ring (bicyclic) bond motifs is 3. The fourth-order valence-electron chi connectivity index (χ4n) is 3.06. The number of carbonyl (C=O) groups excluding carboxylic acids is 1. The van der Waals surface area contributed by atoms with E-state index >= 15 is 0 Å². The number of aromatic nitrogens is 1. The molecule has 0 saturated heterocycles. The quantitative estimate of drug-likeness (QED) is 0.404. The highest BCUT2D eigenvalue weighted by Crippen LogP contribution is 2.39. The zero-order valence-electron chi connectivity index (χ0n) is 17.0. The summed E-state index contributed by atoms with van der Waals surface area (Å²) in [5.41, 5.74) is 4.71. The first-order valence-electron chi connectivity index (χ1n) is 9.55. The molecule has 1 aromatic heterocycles. The number of rotatable bonds is 7. The Morgan fingerprint density at radius 2 is 1.94 bits per heavy atom. The number of benzene rings is 2. The summed E-state index contributed by atoms with van der Waals surface area (Å²) in [6, 6.07) is 9.93. The van der Waals surface area contributed by atoms with E-state index in [2.05, 4.69) is 20.3 Å². The molecule has 1 amide bonds. The van der Waals surface area contributed by atoms with Crippen molar-refractivity contribution in [1.82, 2.24) is 9.71 Å². The lowest BCUT2D eigenvalue weighted by molar-refractivity contribution is -0.110. The second-order valence-corrected chi connectivity index (χ2v) is 10.6. The number of sulfonamides is 1. The van der Waals surface area contributed by atoms with Gasteiger partial charge in [0, 0.05) is 36.0 Å². The average molecular weight is 459 g/mol. The highest BCUT2D eigenvalue weighted by Gasteiger charge is 2.27. The summed E-state index contributed by atoms with van der Waals surface area (Å²) in [5, 5.41) is 15.2. The Morgan fingerprint density at radius 3 is 2.65 bits per heavy atom. The zero-order valence-corrected chi connectivity index (χ0v) is 18.6. The molecule has 1 aliphatic heterocycles. The largest absolute Gasteiger partial charge is 0.396 e. The third kappa shape index (κ3) is 4.33. The number of nitrogens with zero attached hydrogens (tertiary/aromatic N) is 1. The Bertz CT molecular complexity index is 1280. The number of aliphatic hydroxyl groups excluding tert-OH is 1. The van der Waals surface area contributed by atoms with Crippen LogP contribution in [0.5, 0.6) is 0 Å². The van der Waals surface area contributed by atoms with Crippen LogP contribution in [0.3, 0.4) is 0 Å². The molecule has 8 nitrogen and oxygen atoms in total. The van der Waals surface area contributed by atoms with Crippen molar-refractivity contribution in [1.29, 1.82) is 0 Å². The normalized spacial score (nSPS) is 15.3. The minimum Gasteiger partial charge on any atom is -0.396 e. The number of thiazole rings is 1. The molecule has 0 fully saturated rings. The van der Waals surface area contributed by atoms with Crippen LogP contribution in [0.25, 0.3) is 15.8 Å². The van der Waals surface area contributed by atoms with E-state index in [4.69, 9.17) is 0 Å². The van der Waals surface area contributed by atoms with Gasteiger partial charge in [0.1, 0.15) is 0 Å². The van der Waals surface area contributed by atoms with Crippen LogP contribution in [0.4, 0.5) is 11.4 Å². The molecule has 31 heavy (non-hydrogen) atoms. The molecule has 2 heterocycles. The Balaban J connectivity index is 1.53. The topological polar surface area (TPSA) is 120 Å². The van der Waals surface area contributed by atoms with Crippen molar-refractivity contribution in [3.63, 3.8) is 0 Å². The second kappa shape index (κ2) is 8.04. The van der Waals surface area contributed by atoms with E-state index in [0.717, 1.165) is 21.5 Å². The van der Waals surface area contributed by atoms with E-state index in [1.807, 2.05) is 12.1 Å². The molecule has 10 heteroatoms. The Labute approximate surface area is 184 Å². The van der Waals surface area contributed by atoms with Gasteiger partial charge in [-0.05, 0) is 36.4 Å². The number of nitrogens with one attached hydrogen (secondary N) is 3. The van der Waals surface area contributed by atoms with Gasteiger partial charge in [-0.2, -0.15) is 0 Å². The summed E-state index contributed by atoms with van der Waals surface area (Å²) < 4.78 is 28.4. The van der Waals surface area contributed by atoms with Crippen molar-refractivity contribution < 1.29 is 18.3 Å². The van der Waals surface area contributed by atoms with Crippen LogP contribution in [-0.4, -0.2) is 37.6 Å². The van der Waals surface area contributed by atoms with Gasteiger partial charge in [-0.3, -0.25) is 4.79 Å². The minimum atomic E-state index is -3.69. The van der Waals surface area contributed by atoms with E-state index < -0.39 is 15.4 Å². The molecule has 0 atom stereocenters. The lowest BCUT2D eigenvalue weighted by atomic mass is 9.96. The summed E-state index contributed by atoms with van der Waals surface area (Å²) in [7, 11) is -3.69. The van der Waals surface area contributed by atoms with Crippen LogP contribution < -0.4 is 15.4 Å². The van der Waals surface area contributed by atoms with Crippen LogP contribution in [-0.2, 0) is 14.8 Å². The van der Waals surface area contributed by atoms with Crippen molar-refractivity contribution in [2.75, 3.05) is 23.8 Å². The summed E-state index contributed by atoms with van der Waals surface area (Å²) in [4.78, 5) is 16.9. The number of aliphatic hydroxyl groups is 1. The summed E-state index contributed by atoms with van der Waals surface area (Å²) >= 11 is 1.47. The van der Waals surface area contributed by atoms with Crippen LogP contribution in [0.1, 0.15) is 19.4 Å². The van der Waals surface area contributed by atoms with Crippen LogP contribution in [0.2, 0.25) is 0 Å². The van der Waals surface area contributed by atoms with Crippen LogP contribution in [0.15, 0.2) is 53.0 Å². The average Bonchev–Trinajstić information content (AvgIpc) is 3.34. The van der Waals surface area contributed by atoms with Gasteiger partial charge in [0.05, 0.1) is 31.9 Å². The van der Waals surface area contributed by atoms with Crippen molar-refractivity contribution in [3.05, 3.63) is 53.7 Å². The maximum absolute atomic E-state index is 12.5. The van der Waals surface area contributed by atoms with Gasteiger partial charge >= 0.3 is 0 Å². The van der Waals surface area contributed by atoms with Crippen molar-refractivity contribution in [2.45, 2.75) is 18.7 Å². The summed E-state index contributed by atoms with van der Waals surface area (Å²) in [5.74, 6) is -0.210. The summed E-state index contributed by atoms with van der Waals surface area (Å²) in [6.45, 7) is 3.54. The molecule has 0 saturated carbocycles. The lowest BCUT2D eigenvalue weighted by Gasteiger charge is -2.21. The molecular weight excluding hydrogens is 436 g/mol. The molecule has 0 unspecified atom stereocenters. The molecule has 3 aromatic rings. The minimum absolute atomic E-state index is 0.120. The Kier molecular flexibility index (Phi) is 5.56. The monoisotopic (exact) mass is 458 g/mol. The molecule has 2 aromatic carbocycles. The predicted octanol–water partition coefficient (Wildman–Crippen LogP) is 3.00. The molecule has 4 rings (SSSR count). The first kappa shape index (κ1) is 21.4. The van der Waals surface area contributed by atoms with Gasteiger partial charge in [0.15, 0.2) is 0 Å².